The van der Waals surface area contributed by atoms with Gasteiger partial charge in [-0.2, -0.15) is 0 Å². The maximum Gasteiger partial charge on any atom is 0.292 e. The van der Waals surface area contributed by atoms with E-state index in [0.717, 1.165) is 25.7 Å². The van der Waals surface area contributed by atoms with Gasteiger partial charge in [-0.05, 0) is 31.9 Å². The van der Waals surface area contributed by atoms with E-state index in [1.807, 2.05) is 0 Å². The van der Waals surface area contributed by atoms with Crippen molar-refractivity contribution < 1.29 is 13.3 Å². The molecule has 0 aromatic heterocycles. The summed E-state index contributed by atoms with van der Waals surface area (Å²) in [6.45, 7) is 2.27. The number of rotatable bonds is 6. The molecule has 1 aromatic rings. The van der Waals surface area contributed by atoms with Crippen molar-refractivity contribution in [2.45, 2.75) is 43.5 Å². The van der Waals surface area contributed by atoms with Gasteiger partial charge in [0.25, 0.3) is 5.69 Å². The standard InChI is InChI=1S/C13H19N3O4S/c1-2-14-12-9-11(7-8-13(12)16(17)18)21(19,20)15-10-5-3-4-6-10/h7-10,14-15H,2-6H2,1H3. The number of nitrogens with zero attached hydrogens (tertiary/aromatic N) is 1. The molecule has 0 unspecified atom stereocenters. The van der Waals surface area contributed by atoms with Crippen molar-refractivity contribution >= 4 is 21.4 Å². The van der Waals surface area contributed by atoms with Gasteiger partial charge in [-0.25, -0.2) is 13.1 Å². The first-order valence-corrected chi connectivity index (χ1v) is 8.47. The molecule has 1 aliphatic carbocycles. The topological polar surface area (TPSA) is 101 Å². The molecule has 0 atom stereocenters. The lowest BCUT2D eigenvalue weighted by atomic mass is 10.2. The summed E-state index contributed by atoms with van der Waals surface area (Å²) < 4.78 is 27.3. The van der Waals surface area contributed by atoms with Gasteiger partial charge in [0, 0.05) is 18.7 Å². The van der Waals surface area contributed by atoms with E-state index in [-0.39, 0.29) is 22.3 Å². The average molecular weight is 313 g/mol. The van der Waals surface area contributed by atoms with Gasteiger partial charge in [0.1, 0.15) is 5.69 Å². The number of anilines is 1. The summed E-state index contributed by atoms with van der Waals surface area (Å²) in [5.41, 5.74) is 0.0912. The van der Waals surface area contributed by atoms with Gasteiger partial charge in [-0.1, -0.05) is 12.8 Å². The van der Waals surface area contributed by atoms with Crippen LogP contribution in [0.2, 0.25) is 0 Å². The van der Waals surface area contributed by atoms with Crippen molar-refractivity contribution in [1.82, 2.24) is 4.72 Å². The number of hydrogen-bond donors (Lipinski definition) is 2. The highest BCUT2D eigenvalue weighted by Gasteiger charge is 2.25. The second kappa shape index (κ2) is 6.40. The zero-order chi connectivity index (χ0) is 15.5. The zero-order valence-corrected chi connectivity index (χ0v) is 12.6. The minimum atomic E-state index is -3.64. The Kier molecular flexibility index (Phi) is 4.79. The van der Waals surface area contributed by atoms with Gasteiger partial charge in [-0.15, -0.1) is 0 Å². The average Bonchev–Trinajstić information content (AvgIpc) is 2.91. The second-order valence-corrected chi connectivity index (χ2v) is 6.78. The largest absolute Gasteiger partial charge is 0.380 e. The molecule has 7 nitrogen and oxygen atoms in total. The Labute approximate surface area is 123 Å². The Morgan fingerprint density at radius 3 is 2.57 bits per heavy atom. The van der Waals surface area contributed by atoms with Crippen LogP contribution in [-0.2, 0) is 10.0 Å². The van der Waals surface area contributed by atoms with E-state index in [1.54, 1.807) is 6.92 Å². The monoisotopic (exact) mass is 313 g/mol. The van der Waals surface area contributed by atoms with Crippen LogP contribution in [0.25, 0.3) is 0 Å². The molecule has 1 fully saturated rings. The maximum atomic E-state index is 12.3. The maximum absolute atomic E-state index is 12.3. The van der Waals surface area contributed by atoms with Crippen LogP contribution in [0.1, 0.15) is 32.6 Å². The molecule has 0 bridgehead atoms. The van der Waals surface area contributed by atoms with Crippen LogP contribution in [-0.4, -0.2) is 25.9 Å². The van der Waals surface area contributed by atoms with Crippen molar-refractivity contribution in [2.75, 3.05) is 11.9 Å². The first-order valence-electron chi connectivity index (χ1n) is 6.98. The SMILES string of the molecule is CCNc1cc(S(=O)(=O)NC2CCCC2)ccc1[N+](=O)[O-]. The summed E-state index contributed by atoms with van der Waals surface area (Å²) in [5.74, 6) is 0. The van der Waals surface area contributed by atoms with Crippen LogP contribution in [0, 0.1) is 10.1 Å². The lowest BCUT2D eigenvalue weighted by Gasteiger charge is -2.13. The van der Waals surface area contributed by atoms with E-state index >= 15 is 0 Å². The molecule has 2 rings (SSSR count). The van der Waals surface area contributed by atoms with Gasteiger partial charge < -0.3 is 5.32 Å². The van der Waals surface area contributed by atoms with Crippen molar-refractivity contribution in [3.63, 3.8) is 0 Å². The van der Waals surface area contributed by atoms with E-state index < -0.39 is 14.9 Å². The molecule has 1 aromatic carbocycles. The van der Waals surface area contributed by atoms with Crippen LogP contribution in [0.5, 0.6) is 0 Å². The molecule has 0 spiro atoms. The summed E-state index contributed by atoms with van der Waals surface area (Å²) in [4.78, 5) is 10.5. The number of sulfonamides is 1. The Morgan fingerprint density at radius 1 is 1.33 bits per heavy atom. The van der Waals surface area contributed by atoms with Crippen LogP contribution in [0.3, 0.4) is 0 Å². The molecule has 116 valence electrons. The van der Waals surface area contributed by atoms with Gasteiger partial charge in [0.05, 0.1) is 9.82 Å². The lowest BCUT2D eigenvalue weighted by Crippen LogP contribution is -2.32. The molecule has 0 amide bonds. The van der Waals surface area contributed by atoms with E-state index in [1.165, 1.54) is 18.2 Å². The predicted molar refractivity (Wildman–Crippen MR) is 79.8 cm³/mol. The third-order valence-electron chi connectivity index (χ3n) is 3.52. The van der Waals surface area contributed by atoms with Crippen LogP contribution in [0.15, 0.2) is 23.1 Å². The van der Waals surface area contributed by atoms with Crippen molar-refractivity contribution in [1.29, 1.82) is 0 Å². The highest BCUT2D eigenvalue weighted by atomic mass is 32.2. The fourth-order valence-corrected chi connectivity index (χ4v) is 3.84. The molecule has 2 N–H and O–H groups in total. The fourth-order valence-electron chi connectivity index (χ4n) is 2.50. The fraction of sp³-hybridized carbons (Fsp3) is 0.538. The quantitative estimate of drug-likeness (QED) is 0.619. The minimum absolute atomic E-state index is 0.0345. The van der Waals surface area contributed by atoms with E-state index in [0.29, 0.717) is 6.54 Å². The van der Waals surface area contributed by atoms with Crippen LogP contribution in [0.4, 0.5) is 11.4 Å². The molecule has 1 saturated carbocycles. The Balaban J connectivity index is 2.30. The van der Waals surface area contributed by atoms with E-state index in [2.05, 4.69) is 10.0 Å². The minimum Gasteiger partial charge on any atom is -0.380 e. The number of nitrogens with one attached hydrogen (secondary N) is 2. The molecule has 0 aliphatic heterocycles. The number of hydrogen-bond acceptors (Lipinski definition) is 5. The highest BCUT2D eigenvalue weighted by molar-refractivity contribution is 7.89. The number of benzene rings is 1. The zero-order valence-electron chi connectivity index (χ0n) is 11.8. The summed E-state index contributed by atoms with van der Waals surface area (Å²) in [6.07, 6.45) is 3.73. The van der Waals surface area contributed by atoms with E-state index in [9.17, 15) is 18.5 Å². The molecule has 0 heterocycles. The summed E-state index contributed by atoms with van der Waals surface area (Å²) in [5, 5.41) is 13.8. The summed E-state index contributed by atoms with van der Waals surface area (Å²) in [7, 11) is -3.64. The van der Waals surface area contributed by atoms with Gasteiger partial charge >= 0.3 is 0 Å². The Bertz CT molecular complexity index is 624. The third-order valence-corrected chi connectivity index (χ3v) is 5.04. The third kappa shape index (κ3) is 3.70. The molecule has 0 radical (unpaired) electrons. The molecule has 0 saturated heterocycles. The van der Waals surface area contributed by atoms with Crippen molar-refractivity contribution in [3.05, 3.63) is 28.3 Å². The number of nitro benzene ring substituents is 1. The van der Waals surface area contributed by atoms with Gasteiger partial charge in [0.15, 0.2) is 0 Å². The molecule has 21 heavy (non-hydrogen) atoms. The summed E-state index contributed by atoms with van der Waals surface area (Å²) >= 11 is 0. The van der Waals surface area contributed by atoms with Gasteiger partial charge in [0.2, 0.25) is 10.0 Å². The predicted octanol–water partition coefficient (Wildman–Crippen LogP) is 2.25. The van der Waals surface area contributed by atoms with Crippen molar-refractivity contribution in [2.24, 2.45) is 0 Å². The van der Waals surface area contributed by atoms with Crippen LogP contribution >= 0.6 is 0 Å². The second-order valence-electron chi connectivity index (χ2n) is 5.07. The Morgan fingerprint density at radius 2 is 2.00 bits per heavy atom. The normalized spacial score (nSPS) is 16.0. The van der Waals surface area contributed by atoms with Crippen LogP contribution < -0.4 is 10.0 Å². The van der Waals surface area contributed by atoms with Crippen molar-refractivity contribution in [3.8, 4) is 0 Å². The van der Waals surface area contributed by atoms with E-state index in [4.69, 9.17) is 0 Å². The number of nitro groups is 1. The Hall–Kier alpha value is -1.67. The first-order chi connectivity index (χ1) is 9.94. The first kappa shape index (κ1) is 15.7. The highest BCUT2D eigenvalue weighted by Crippen LogP contribution is 2.28. The molecular weight excluding hydrogens is 294 g/mol. The molecular formula is C13H19N3O4S. The molecule has 8 heteroatoms. The van der Waals surface area contributed by atoms with Gasteiger partial charge in [-0.3, -0.25) is 10.1 Å². The lowest BCUT2D eigenvalue weighted by molar-refractivity contribution is -0.384. The smallest absolute Gasteiger partial charge is 0.292 e. The summed E-state index contributed by atoms with van der Waals surface area (Å²) in [6, 6.07) is 3.78. The molecule has 1 aliphatic rings.